The molecule has 0 bridgehead atoms. The molecule has 0 radical (unpaired) electrons. The van der Waals surface area contributed by atoms with Crippen LogP contribution in [0.25, 0.3) is 0 Å². The largest absolute Gasteiger partial charge is 0.504 e. The number of hydrogen-bond acceptors (Lipinski definition) is 7. The molecule has 0 spiro atoms. The molecule has 7 nitrogen and oxygen atoms in total. The Bertz CT molecular complexity index is 1050. The molecule has 1 aliphatic rings. The Morgan fingerprint density at radius 1 is 1.27 bits per heavy atom. The molecule has 1 aliphatic heterocycles. The molecule has 7 heteroatoms. The first-order chi connectivity index (χ1) is 14.5. The second-order valence-electron chi connectivity index (χ2n) is 6.62. The van der Waals surface area contributed by atoms with Crippen molar-refractivity contribution in [2.24, 2.45) is 5.73 Å². The van der Waals surface area contributed by atoms with E-state index in [2.05, 4.69) is 0 Å². The molecule has 154 valence electrons. The Balaban J connectivity index is 2.01. The van der Waals surface area contributed by atoms with E-state index in [0.717, 1.165) is 5.56 Å². The van der Waals surface area contributed by atoms with Crippen molar-refractivity contribution >= 4 is 5.97 Å². The highest BCUT2D eigenvalue weighted by molar-refractivity contribution is 5.92. The van der Waals surface area contributed by atoms with Gasteiger partial charge in [-0.25, -0.2) is 4.79 Å². The number of hydrogen-bond donors (Lipinski definition) is 2. The maximum absolute atomic E-state index is 12.6. The molecule has 0 fully saturated rings. The third kappa shape index (κ3) is 4.23. The molecule has 1 atom stereocenters. The number of nitrogens with zero attached hydrogens (tertiary/aromatic N) is 1. The van der Waals surface area contributed by atoms with Crippen molar-refractivity contribution in [1.29, 1.82) is 5.26 Å². The Hall–Kier alpha value is -3.92. The normalized spacial score (nSPS) is 16.0. The average Bonchev–Trinajstić information content (AvgIpc) is 2.73. The highest BCUT2D eigenvalue weighted by Crippen LogP contribution is 2.42. The second-order valence-corrected chi connectivity index (χ2v) is 6.62. The van der Waals surface area contributed by atoms with Crippen molar-refractivity contribution in [3.8, 4) is 17.6 Å². The summed E-state index contributed by atoms with van der Waals surface area (Å²) in [5.41, 5.74) is 7.66. The molecule has 0 saturated heterocycles. The van der Waals surface area contributed by atoms with E-state index < -0.39 is 11.9 Å². The van der Waals surface area contributed by atoms with Gasteiger partial charge in [0, 0.05) is 0 Å². The van der Waals surface area contributed by atoms with Crippen molar-refractivity contribution in [2.75, 3.05) is 6.61 Å². The maximum Gasteiger partial charge on any atom is 0.338 e. The van der Waals surface area contributed by atoms with E-state index in [1.54, 1.807) is 26.0 Å². The van der Waals surface area contributed by atoms with Gasteiger partial charge in [0.1, 0.15) is 24.0 Å². The number of nitriles is 1. The van der Waals surface area contributed by atoms with Crippen LogP contribution in [-0.4, -0.2) is 17.7 Å². The minimum atomic E-state index is -0.803. The summed E-state index contributed by atoms with van der Waals surface area (Å²) < 4.78 is 16.4. The number of ether oxygens (including phenoxy) is 3. The fraction of sp³-hybridized carbons (Fsp3) is 0.217. The van der Waals surface area contributed by atoms with Crippen LogP contribution in [0.4, 0.5) is 0 Å². The van der Waals surface area contributed by atoms with Crippen LogP contribution in [-0.2, 0) is 20.9 Å². The van der Waals surface area contributed by atoms with E-state index in [-0.39, 0.29) is 47.5 Å². The van der Waals surface area contributed by atoms with Gasteiger partial charge in [-0.1, -0.05) is 36.4 Å². The number of esters is 1. The van der Waals surface area contributed by atoms with E-state index in [0.29, 0.717) is 5.56 Å². The summed E-state index contributed by atoms with van der Waals surface area (Å²) in [6.07, 6.45) is 0. The monoisotopic (exact) mass is 406 g/mol. The van der Waals surface area contributed by atoms with Crippen molar-refractivity contribution in [3.05, 3.63) is 82.4 Å². The maximum atomic E-state index is 12.6. The molecule has 0 amide bonds. The number of nitrogens with two attached hydrogens (primary N) is 1. The van der Waals surface area contributed by atoms with Crippen LogP contribution in [0.15, 0.2) is 71.3 Å². The summed E-state index contributed by atoms with van der Waals surface area (Å²) in [5.74, 6) is -1.06. The molecule has 2 aromatic rings. The van der Waals surface area contributed by atoms with Crippen LogP contribution in [0.1, 0.15) is 30.9 Å². The van der Waals surface area contributed by atoms with Gasteiger partial charge in [0.2, 0.25) is 5.88 Å². The number of rotatable bonds is 6. The number of carbonyl (C=O) groups is 1. The summed E-state index contributed by atoms with van der Waals surface area (Å²) in [6.45, 7) is 3.70. The lowest BCUT2D eigenvalue weighted by atomic mass is 9.83. The van der Waals surface area contributed by atoms with Gasteiger partial charge in [-0.3, -0.25) is 0 Å². The van der Waals surface area contributed by atoms with Crippen LogP contribution in [0.5, 0.6) is 11.5 Å². The molecule has 3 rings (SSSR count). The lowest BCUT2D eigenvalue weighted by molar-refractivity contribution is -0.139. The number of allylic oxidation sites excluding steroid dienone is 2. The number of phenols is 1. The van der Waals surface area contributed by atoms with E-state index in [1.807, 2.05) is 36.4 Å². The minimum absolute atomic E-state index is 0.0596. The van der Waals surface area contributed by atoms with Gasteiger partial charge in [0.05, 0.1) is 18.1 Å². The van der Waals surface area contributed by atoms with Gasteiger partial charge >= 0.3 is 5.97 Å². The van der Waals surface area contributed by atoms with Crippen molar-refractivity contribution in [3.63, 3.8) is 0 Å². The Morgan fingerprint density at radius 3 is 2.67 bits per heavy atom. The quantitative estimate of drug-likeness (QED) is 0.704. The van der Waals surface area contributed by atoms with Crippen molar-refractivity contribution in [1.82, 2.24) is 0 Å². The standard InChI is InChI=1S/C23H22N2O5/c1-3-28-23(27)20-14(2)30-22(25)17(12-24)21(20)16-9-10-18(26)19(11-16)29-13-15-7-5-4-6-8-15/h4-11,21,26H,3,13,25H2,1-2H3. The number of benzene rings is 2. The Morgan fingerprint density at radius 2 is 2.00 bits per heavy atom. The fourth-order valence-corrected chi connectivity index (χ4v) is 3.25. The van der Waals surface area contributed by atoms with E-state index in [9.17, 15) is 15.2 Å². The fourth-order valence-electron chi connectivity index (χ4n) is 3.25. The van der Waals surface area contributed by atoms with E-state index >= 15 is 0 Å². The molecule has 2 aromatic carbocycles. The van der Waals surface area contributed by atoms with Gasteiger partial charge in [0.25, 0.3) is 0 Å². The molecular weight excluding hydrogens is 384 g/mol. The predicted octanol–water partition coefficient (Wildman–Crippen LogP) is 3.62. The molecule has 0 saturated carbocycles. The van der Waals surface area contributed by atoms with Gasteiger partial charge in [-0.15, -0.1) is 0 Å². The number of phenolic OH excluding ortho intramolecular Hbond substituents is 1. The zero-order valence-electron chi connectivity index (χ0n) is 16.7. The first-order valence-electron chi connectivity index (χ1n) is 9.41. The van der Waals surface area contributed by atoms with Crippen LogP contribution < -0.4 is 10.5 Å². The summed E-state index contributed by atoms with van der Waals surface area (Å²) in [4.78, 5) is 12.6. The van der Waals surface area contributed by atoms with Crippen LogP contribution in [0.3, 0.4) is 0 Å². The first kappa shape index (κ1) is 20.8. The van der Waals surface area contributed by atoms with Crippen LogP contribution >= 0.6 is 0 Å². The van der Waals surface area contributed by atoms with Crippen LogP contribution in [0, 0.1) is 11.3 Å². The lowest BCUT2D eigenvalue weighted by Gasteiger charge is -2.27. The smallest absolute Gasteiger partial charge is 0.338 e. The van der Waals surface area contributed by atoms with Crippen molar-refractivity contribution < 1.29 is 24.1 Å². The SMILES string of the molecule is CCOC(=O)C1=C(C)OC(N)=C(C#N)C1c1ccc(O)c(OCc2ccccc2)c1. The third-order valence-electron chi connectivity index (χ3n) is 4.66. The van der Waals surface area contributed by atoms with Gasteiger partial charge < -0.3 is 25.1 Å². The van der Waals surface area contributed by atoms with Crippen molar-refractivity contribution in [2.45, 2.75) is 26.4 Å². The molecule has 0 aromatic heterocycles. The molecule has 0 aliphatic carbocycles. The topological polar surface area (TPSA) is 115 Å². The molecule has 1 heterocycles. The third-order valence-corrected chi connectivity index (χ3v) is 4.66. The Labute approximate surface area is 174 Å². The second kappa shape index (κ2) is 9.05. The zero-order chi connectivity index (χ0) is 21.7. The molecular formula is C23H22N2O5. The molecule has 3 N–H and O–H groups in total. The van der Waals surface area contributed by atoms with Crippen LogP contribution in [0.2, 0.25) is 0 Å². The lowest BCUT2D eigenvalue weighted by Crippen LogP contribution is -2.25. The first-order valence-corrected chi connectivity index (χ1v) is 9.41. The molecule has 30 heavy (non-hydrogen) atoms. The van der Waals surface area contributed by atoms with E-state index in [4.69, 9.17) is 19.9 Å². The highest BCUT2D eigenvalue weighted by Gasteiger charge is 2.36. The highest BCUT2D eigenvalue weighted by atomic mass is 16.5. The minimum Gasteiger partial charge on any atom is -0.504 e. The summed E-state index contributed by atoms with van der Waals surface area (Å²) in [7, 11) is 0. The Kier molecular flexibility index (Phi) is 6.28. The van der Waals surface area contributed by atoms with Gasteiger partial charge in [-0.2, -0.15) is 5.26 Å². The number of carbonyl (C=O) groups excluding carboxylic acids is 1. The van der Waals surface area contributed by atoms with E-state index in [1.165, 1.54) is 6.07 Å². The zero-order valence-corrected chi connectivity index (χ0v) is 16.7. The van der Waals surface area contributed by atoms with Gasteiger partial charge in [0.15, 0.2) is 11.5 Å². The summed E-state index contributed by atoms with van der Waals surface area (Å²) in [6, 6.07) is 16.2. The average molecular weight is 406 g/mol. The number of aromatic hydroxyl groups is 1. The molecule has 1 unspecified atom stereocenters. The van der Waals surface area contributed by atoms with Gasteiger partial charge in [-0.05, 0) is 37.1 Å². The summed E-state index contributed by atoms with van der Waals surface area (Å²) >= 11 is 0. The predicted molar refractivity (Wildman–Crippen MR) is 109 cm³/mol. The summed E-state index contributed by atoms with van der Waals surface area (Å²) in [5, 5.41) is 19.9.